The number of fused-ring (bicyclic) bond motifs is 1. The summed E-state index contributed by atoms with van der Waals surface area (Å²) in [5.74, 6) is -0.409. The minimum absolute atomic E-state index is 0.0424. The lowest BCUT2D eigenvalue weighted by atomic mass is 9.99. The van der Waals surface area contributed by atoms with E-state index in [0.717, 1.165) is 36.2 Å². The number of carbonyl (C=O) groups is 2. The van der Waals surface area contributed by atoms with Gasteiger partial charge in [-0.2, -0.15) is 0 Å². The van der Waals surface area contributed by atoms with E-state index in [2.05, 4.69) is 13.0 Å². The van der Waals surface area contributed by atoms with Crippen LogP contribution in [0.2, 0.25) is 0 Å². The second-order valence-electron chi connectivity index (χ2n) is 7.22. The maximum Gasteiger partial charge on any atom is 0.315 e. The molecule has 3 rings (SSSR count). The monoisotopic (exact) mass is 353 g/mol. The highest BCUT2D eigenvalue weighted by atomic mass is 16.5. The molecule has 4 heteroatoms. The van der Waals surface area contributed by atoms with Crippen molar-refractivity contribution in [2.75, 3.05) is 0 Å². The quantitative estimate of drug-likeness (QED) is 0.544. The molecule has 1 aliphatic rings. The van der Waals surface area contributed by atoms with Crippen LogP contribution in [0, 0.1) is 0 Å². The van der Waals surface area contributed by atoms with Gasteiger partial charge in [-0.15, -0.1) is 0 Å². The molecule has 1 unspecified atom stereocenters. The molecule has 1 aromatic carbocycles. The lowest BCUT2D eigenvalue weighted by molar-refractivity contribution is -0.149. The smallest absolute Gasteiger partial charge is 0.315 e. The summed E-state index contributed by atoms with van der Waals surface area (Å²) in [6.45, 7) is 6.56. The highest BCUT2D eigenvalue weighted by molar-refractivity contribution is 6.09. The zero-order chi connectivity index (χ0) is 18.7. The number of benzene rings is 1. The molecule has 0 amide bonds. The average Bonchev–Trinajstić information content (AvgIpc) is 3.18. The number of hydrogen-bond acceptors (Lipinski definition) is 3. The Balaban J connectivity index is 1.99. The topological polar surface area (TPSA) is 48.3 Å². The molecule has 0 radical (unpaired) electrons. The van der Waals surface area contributed by atoms with Crippen molar-refractivity contribution in [1.82, 2.24) is 4.57 Å². The van der Waals surface area contributed by atoms with Crippen LogP contribution in [0.3, 0.4) is 0 Å². The summed E-state index contributed by atoms with van der Waals surface area (Å²) in [6, 6.07) is 11.4. The number of nitrogens with zero attached hydrogens (tertiary/aromatic N) is 1. The van der Waals surface area contributed by atoms with Crippen molar-refractivity contribution in [3.63, 3.8) is 0 Å². The van der Waals surface area contributed by atoms with Crippen molar-refractivity contribution in [2.45, 2.75) is 65.0 Å². The van der Waals surface area contributed by atoms with Gasteiger partial charge in [-0.1, -0.05) is 43.7 Å². The molecule has 0 spiro atoms. The SMILES string of the molecule is CCCCc1cc2n(c1C(=O)c1ccccc1)CCC2C(=O)OC(C)C. The Bertz CT molecular complexity index is 789. The summed E-state index contributed by atoms with van der Waals surface area (Å²) in [6.07, 6.45) is 3.52. The third-order valence-corrected chi connectivity index (χ3v) is 4.89. The standard InChI is InChI=1S/C22H27NO3/c1-4-5-9-17-14-19-18(22(25)26-15(2)3)12-13-23(19)20(17)21(24)16-10-7-6-8-11-16/h6-8,10-11,14-15,18H,4-5,9,12-13H2,1-3H3. The molecule has 2 aromatic rings. The van der Waals surface area contributed by atoms with E-state index < -0.39 is 0 Å². The van der Waals surface area contributed by atoms with Crippen LogP contribution < -0.4 is 0 Å². The zero-order valence-corrected chi connectivity index (χ0v) is 15.8. The summed E-state index contributed by atoms with van der Waals surface area (Å²) in [7, 11) is 0. The molecule has 0 fully saturated rings. The molecular formula is C22H27NO3. The second-order valence-corrected chi connectivity index (χ2v) is 7.22. The Morgan fingerprint density at radius 1 is 1.23 bits per heavy atom. The van der Waals surface area contributed by atoms with Gasteiger partial charge in [0.15, 0.2) is 0 Å². The van der Waals surface area contributed by atoms with E-state index in [4.69, 9.17) is 4.74 Å². The van der Waals surface area contributed by atoms with E-state index >= 15 is 0 Å². The normalized spacial score (nSPS) is 15.9. The van der Waals surface area contributed by atoms with Crippen molar-refractivity contribution in [3.05, 3.63) is 58.9 Å². The molecule has 26 heavy (non-hydrogen) atoms. The second kappa shape index (κ2) is 7.90. The zero-order valence-electron chi connectivity index (χ0n) is 15.8. The first-order chi connectivity index (χ1) is 12.5. The Morgan fingerprint density at radius 3 is 2.62 bits per heavy atom. The molecule has 0 saturated heterocycles. The van der Waals surface area contributed by atoms with Gasteiger partial charge in [-0.25, -0.2) is 0 Å². The van der Waals surface area contributed by atoms with Crippen molar-refractivity contribution >= 4 is 11.8 Å². The first-order valence-corrected chi connectivity index (χ1v) is 9.55. The van der Waals surface area contributed by atoms with Gasteiger partial charge in [0.1, 0.15) is 0 Å². The van der Waals surface area contributed by atoms with Crippen molar-refractivity contribution in [3.8, 4) is 0 Å². The number of hydrogen-bond donors (Lipinski definition) is 0. The Hall–Kier alpha value is -2.36. The predicted octanol–water partition coefficient (Wildman–Crippen LogP) is 4.50. The van der Waals surface area contributed by atoms with Crippen LogP contribution in [0.1, 0.15) is 73.3 Å². The molecular weight excluding hydrogens is 326 g/mol. The number of carbonyl (C=O) groups excluding carboxylic acids is 2. The minimum Gasteiger partial charge on any atom is -0.462 e. The fraction of sp³-hybridized carbons (Fsp3) is 0.455. The predicted molar refractivity (Wildman–Crippen MR) is 102 cm³/mol. The minimum atomic E-state index is -0.268. The van der Waals surface area contributed by atoms with E-state index in [1.807, 2.05) is 48.7 Å². The van der Waals surface area contributed by atoms with Gasteiger partial charge in [0.25, 0.3) is 0 Å². The van der Waals surface area contributed by atoms with Crippen molar-refractivity contribution in [2.24, 2.45) is 0 Å². The lowest BCUT2D eigenvalue weighted by Gasteiger charge is -2.12. The third kappa shape index (κ3) is 3.59. The third-order valence-electron chi connectivity index (χ3n) is 4.89. The van der Waals surface area contributed by atoms with Crippen LogP contribution in [0.5, 0.6) is 0 Å². The van der Waals surface area contributed by atoms with Crippen LogP contribution >= 0.6 is 0 Å². The fourth-order valence-electron chi connectivity index (χ4n) is 3.67. The summed E-state index contributed by atoms with van der Waals surface area (Å²) >= 11 is 0. The maximum atomic E-state index is 13.2. The fourth-order valence-corrected chi connectivity index (χ4v) is 3.67. The molecule has 138 valence electrons. The van der Waals surface area contributed by atoms with Gasteiger partial charge in [0, 0.05) is 17.8 Å². The molecule has 1 aliphatic heterocycles. The van der Waals surface area contributed by atoms with Gasteiger partial charge in [-0.05, 0) is 44.7 Å². The first-order valence-electron chi connectivity index (χ1n) is 9.55. The Kier molecular flexibility index (Phi) is 5.60. The van der Waals surface area contributed by atoms with E-state index in [0.29, 0.717) is 18.5 Å². The van der Waals surface area contributed by atoms with Gasteiger partial charge in [-0.3, -0.25) is 9.59 Å². The Labute approximate surface area is 155 Å². The van der Waals surface area contributed by atoms with Gasteiger partial charge in [0.2, 0.25) is 5.78 Å². The lowest BCUT2D eigenvalue weighted by Crippen LogP contribution is -2.18. The molecule has 0 aliphatic carbocycles. The largest absolute Gasteiger partial charge is 0.462 e. The van der Waals surface area contributed by atoms with Crippen LogP contribution in [0.25, 0.3) is 0 Å². The molecule has 0 bridgehead atoms. The Morgan fingerprint density at radius 2 is 1.96 bits per heavy atom. The van der Waals surface area contributed by atoms with Crippen molar-refractivity contribution < 1.29 is 14.3 Å². The van der Waals surface area contributed by atoms with E-state index in [-0.39, 0.29) is 23.8 Å². The number of ketones is 1. The molecule has 0 saturated carbocycles. The molecule has 0 N–H and O–H groups in total. The number of unbranched alkanes of at least 4 members (excludes halogenated alkanes) is 1. The first kappa shape index (κ1) is 18.4. The van der Waals surface area contributed by atoms with Gasteiger partial charge < -0.3 is 9.30 Å². The van der Waals surface area contributed by atoms with E-state index in [1.54, 1.807) is 0 Å². The van der Waals surface area contributed by atoms with Crippen LogP contribution in [-0.4, -0.2) is 22.4 Å². The number of ether oxygens (including phenoxy) is 1. The molecule has 1 atom stereocenters. The molecule has 1 aromatic heterocycles. The number of esters is 1. The van der Waals surface area contributed by atoms with Gasteiger partial charge >= 0.3 is 5.97 Å². The van der Waals surface area contributed by atoms with E-state index in [9.17, 15) is 9.59 Å². The van der Waals surface area contributed by atoms with Crippen LogP contribution in [0.4, 0.5) is 0 Å². The summed E-state index contributed by atoms with van der Waals surface area (Å²) in [5.41, 5.74) is 3.43. The van der Waals surface area contributed by atoms with Crippen LogP contribution in [-0.2, 0) is 22.5 Å². The molecule has 2 heterocycles. The van der Waals surface area contributed by atoms with Crippen molar-refractivity contribution in [1.29, 1.82) is 0 Å². The van der Waals surface area contributed by atoms with Crippen LogP contribution in [0.15, 0.2) is 36.4 Å². The number of rotatable bonds is 7. The highest BCUT2D eigenvalue weighted by Crippen LogP contribution is 2.35. The number of aromatic nitrogens is 1. The average molecular weight is 353 g/mol. The van der Waals surface area contributed by atoms with Gasteiger partial charge in [0.05, 0.1) is 17.7 Å². The summed E-state index contributed by atoms with van der Waals surface area (Å²) in [4.78, 5) is 25.6. The molecule has 4 nitrogen and oxygen atoms in total. The maximum absolute atomic E-state index is 13.2. The number of aryl methyl sites for hydroxylation is 1. The van der Waals surface area contributed by atoms with E-state index in [1.165, 1.54) is 0 Å². The summed E-state index contributed by atoms with van der Waals surface area (Å²) < 4.78 is 7.48. The summed E-state index contributed by atoms with van der Waals surface area (Å²) in [5, 5.41) is 0. The highest BCUT2D eigenvalue weighted by Gasteiger charge is 2.35.